The van der Waals surface area contributed by atoms with Gasteiger partial charge in [-0.25, -0.2) is 4.57 Å². The van der Waals surface area contributed by atoms with Gasteiger partial charge in [-0.05, 0) is 53.4 Å². The van der Waals surface area contributed by atoms with E-state index in [1.165, 1.54) is 14.2 Å². The SMILES string of the molecule is Cc1cc(CCC[n+]2ccccc2N)c(Br)s1. The van der Waals surface area contributed by atoms with E-state index in [1.807, 2.05) is 24.4 Å². The third-order valence-corrected chi connectivity index (χ3v) is 4.58. The molecule has 0 aromatic carbocycles. The Hall–Kier alpha value is -0.870. The second-order valence-electron chi connectivity index (χ2n) is 4.08. The van der Waals surface area contributed by atoms with Gasteiger partial charge >= 0.3 is 0 Å². The number of pyridine rings is 1. The lowest BCUT2D eigenvalue weighted by molar-refractivity contribution is -0.683. The molecule has 0 saturated heterocycles. The first-order chi connectivity index (χ1) is 8.16. The highest BCUT2D eigenvalue weighted by Crippen LogP contribution is 2.28. The molecule has 0 aliphatic carbocycles. The Balaban J connectivity index is 1.92. The van der Waals surface area contributed by atoms with Crippen LogP contribution in [0.15, 0.2) is 34.2 Å². The molecule has 0 amide bonds. The van der Waals surface area contributed by atoms with Crippen molar-refractivity contribution < 1.29 is 4.57 Å². The van der Waals surface area contributed by atoms with Crippen LogP contribution in [0.5, 0.6) is 0 Å². The van der Waals surface area contributed by atoms with E-state index in [1.54, 1.807) is 11.3 Å². The molecule has 2 rings (SSSR count). The van der Waals surface area contributed by atoms with Gasteiger partial charge in [0.15, 0.2) is 0 Å². The third kappa shape index (κ3) is 3.30. The largest absolute Gasteiger partial charge is 0.287 e. The van der Waals surface area contributed by atoms with Crippen LogP contribution >= 0.6 is 27.3 Å². The molecule has 0 unspecified atom stereocenters. The van der Waals surface area contributed by atoms with Crippen LogP contribution in [-0.4, -0.2) is 0 Å². The van der Waals surface area contributed by atoms with Gasteiger partial charge in [0, 0.05) is 10.9 Å². The van der Waals surface area contributed by atoms with Gasteiger partial charge in [-0.2, -0.15) is 0 Å². The fourth-order valence-corrected chi connectivity index (χ4v) is 3.70. The summed E-state index contributed by atoms with van der Waals surface area (Å²) in [5, 5.41) is 0. The van der Waals surface area contributed by atoms with Crippen LogP contribution in [0.25, 0.3) is 0 Å². The standard InChI is InChI=1S/C13H15BrN2S/c1-10-9-11(13(14)17-10)5-4-8-16-7-3-2-6-12(16)15/h2-3,6-7,9,15H,4-5,8H2,1H3/p+1. The normalized spacial score (nSPS) is 10.7. The lowest BCUT2D eigenvalue weighted by Crippen LogP contribution is -2.36. The summed E-state index contributed by atoms with van der Waals surface area (Å²) in [6.45, 7) is 3.11. The molecule has 0 atom stereocenters. The lowest BCUT2D eigenvalue weighted by Gasteiger charge is -2.02. The predicted octanol–water partition coefficient (Wildman–Crippen LogP) is 3.32. The molecule has 0 radical (unpaired) electrons. The number of nitrogens with zero attached hydrogens (tertiary/aromatic N) is 1. The molecule has 2 aromatic rings. The van der Waals surface area contributed by atoms with E-state index in [-0.39, 0.29) is 0 Å². The van der Waals surface area contributed by atoms with Crippen LogP contribution in [0.2, 0.25) is 0 Å². The highest BCUT2D eigenvalue weighted by Gasteiger charge is 2.06. The van der Waals surface area contributed by atoms with E-state index in [4.69, 9.17) is 5.73 Å². The smallest absolute Gasteiger partial charge is 0.272 e. The molecular formula is C13H16BrN2S+. The minimum absolute atomic E-state index is 0.827. The molecule has 2 heterocycles. The number of rotatable bonds is 4. The van der Waals surface area contributed by atoms with Crippen molar-refractivity contribution in [1.82, 2.24) is 0 Å². The predicted molar refractivity (Wildman–Crippen MR) is 76.1 cm³/mol. The molecule has 0 aliphatic rings. The number of aryl methyl sites for hydroxylation is 3. The molecule has 0 aliphatic heterocycles. The number of aromatic nitrogens is 1. The monoisotopic (exact) mass is 311 g/mol. The lowest BCUT2D eigenvalue weighted by atomic mass is 10.2. The molecule has 0 saturated carbocycles. The maximum absolute atomic E-state index is 5.89. The van der Waals surface area contributed by atoms with E-state index in [0.717, 1.165) is 25.2 Å². The van der Waals surface area contributed by atoms with Crippen molar-refractivity contribution in [3.05, 3.63) is 44.7 Å². The van der Waals surface area contributed by atoms with Crippen molar-refractivity contribution >= 4 is 33.1 Å². The zero-order valence-electron chi connectivity index (χ0n) is 9.82. The van der Waals surface area contributed by atoms with E-state index < -0.39 is 0 Å². The number of hydrogen-bond donors (Lipinski definition) is 1. The summed E-state index contributed by atoms with van der Waals surface area (Å²) in [6, 6.07) is 8.17. The number of thiophene rings is 1. The van der Waals surface area contributed by atoms with Crippen LogP contribution < -0.4 is 10.3 Å². The number of hydrogen-bond acceptors (Lipinski definition) is 2. The molecule has 2 nitrogen and oxygen atoms in total. The Kier molecular flexibility index (Phi) is 4.18. The van der Waals surface area contributed by atoms with Crippen molar-refractivity contribution in [3.63, 3.8) is 0 Å². The second kappa shape index (κ2) is 5.65. The van der Waals surface area contributed by atoms with Gasteiger partial charge in [-0.15, -0.1) is 11.3 Å². The minimum atomic E-state index is 0.827. The summed E-state index contributed by atoms with van der Waals surface area (Å²) in [5.41, 5.74) is 7.29. The Morgan fingerprint density at radius 3 is 2.88 bits per heavy atom. The molecule has 0 fully saturated rings. The minimum Gasteiger partial charge on any atom is -0.287 e. The van der Waals surface area contributed by atoms with Gasteiger partial charge in [-0.3, -0.25) is 5.73 Å². The second-order valence-corrected chi connectivity index (χ2v) is 6.65. The van der Waals surface area contributed by atoms with Crippen LogP contribution in [-0.2, 0) is 13.0 Å². The summed E-state index contributed by atoms with van der Waals surface area (Å²) in [6.07, 6.45) is 4.23. The zero-order valence-corrected chi connectivity index (χ0v) is 12.2. The summed E-state index contributed by atoms with van der Waals surface area (Å²) < 4.78 is 3.36. The summed E-state index contributed by atoms with van der Waals surface area (Å²) in [5.74, 6) is 0.827. The Labute approximate surface area is 114 Å². The van der Waals surface area contributed by atoms with Crippen molar-refractivity contribution in [1.29, 1.82) is 0 Å². The van der Waals surface area contributed by atoms with E-state index >= 15 is 0 Å². The third-order valence-electron chi connectivity index (χ3n) is 2.70. The van der Waals surface area contributed by atoms with E-state index in [9.17, 15) is 0 Å². The van der Waals surface area contributed by atoms with Crippen molar-refractivity contribution in [2.45, 2.75) is 26.3 Å². The van der Waals surface area contributed by atoms with Crippen molar-refractivity contribution in [2.75, 3.05) is 5.73 Å². The number of nitrogen functional groups attached to an aromatic ring is 1. The van der Waals surface area contributed by atoms with Crippen LogP contribution in [0.3, 0.4) is 0 Å². The first kappa shape index (κ1) is 12.6. The quantitative estimate of drug-likeness (QED) is 0.862. The number of nitrogens with two attached hydrogens (primary N) is 1. The Bertz CT molecular complexity index is 508. The molecule has 0 spiro atoms. The van der Waals surface area contributed by atoms with Crippen LogP contribution in [0, 0.1) is 6.92 Å². The molecule has 0 bridgehead atoms. The first-order valence-corrected chi connectivity index (χ1v) is 7.26. The number of halogens is 1. The fraction of sp³-hybridized carbons (Fsp3) is 0.308. The highest BCUT2D eigenvalue weighted by atomic mass is 79.9. The maximum Gasteiger partial charge on any atom is 0.272 e. The molecule has 4 heteroatoms. The zero-order chi connectivity index (χ0) is 12.3. The average Bonchev–Trinajstić information content (AvgIpc) is 2.60. The van der Waals surface area contributed by atoms with Crippen LogP contribution in [0.1, 0.15) is 16.9 Å². The first-order valence-electron chi connectivity index (χ1n) is 5.65. The molecule has 2 N–H and O–H groups in total. The summed E-state index contributed by atoms with van der Waals surface area (Å²) >= 11 is 5.41. The fourth-order valence-electron chi connectivity index (χ4n) is 1.84. The van der Waals surface area contributed by atoms with Crippen molar-refractivity contribution in [2.24, 2.45) is 0 Å². The summed E-state index contributed by atoms with van der Waals surface area (Å²) in [4.78, 5) is 1.36. The van der Waals surface area contributed by atoms with E-state index in [2.05, 4.69) is 33.5 Å². The van der Waals surface area contributed by atoms with E-state index in [0.29, 0.717) is 0 Å². The van der Waals surface area contributed by atoms with Gasteiger partial charge in [0.1, 0.15) is 0 Å². The molecular weight excluding hydrogens is 296 g/mol. The molecule has 17 heavy (non-hydrogen) atoms. The van der Waals surface area contributed by atoms with Gasteiger partial charge in [0.2, 0.25) is 0 Å². The summed E-state index contributed by atoms with van der Waals surface area (Å²) in [7, 11) is 0. The van der Waals surface area contributed by atoms with Gasteiger partial charge in [0.25, 0.3) is 5.82 Å². The topological polar surface area (TPSA) is 29.9 Å². The average molecular weight is 312 g/mol. The van der Waals surface area contributed by atoms with Gasteiger partial charge in [0.05, 0.1) is 16.5 Å². The molecule has 90 valence electrons. The van der Waals surface area contributed by atoms with Crippen LogP contribution in [0.4, 0.5) is 5.82 Å². The molecule has 2 aromatic heterocycles. The van der Waals surface area contributed by atoms with Gasteiger partial charge in [-0.1, -0.05) is 6.07 Å². The maximum atomic E-state index is 5.89. The Morgan fingerprint density at radius 1 is 1.41 bits per heavy atom. The highest BCUT2D eigenvalue weighted by molar-refractivity contribution is 9.11. The van der Waals surface area contributed by atoms with Gasteiger partial charge < -0.3 is 0 Å². The Morgan fingerprint density at radius 2 is 2.24 bits per heavy atom. The van der Waals surface area contributed by atoms with Crippen molar-refractivity contribution in [3.8, 4) is 0 Å². The number of anilines is 1.